The Morgan fingerprint density at radius 2 is 1.77 bits per heavy atom. The molecule has 22 heavy (non-hydrogen) atoms. The molecule has 0 bridgehead atoms. The maximum absolute atomic E-state index is 6.07. The van der Waals surface area contributed by atoms with Crippen LogP contribution < -0.4 is 14.5 Å². The summed E-state index contributed by atoms with van der Waals surface area (Å²) in [6, 6.07) is 4.44. The van der Waals surface area contributed by atoms with Gasteiger partial charge < -0.3 is 14.5 Å². The summed E-state index contributed by atoms with van der Waals surface area (Å²) in [6.07, 6.45) is 4.02. The first-order valence-electron chi connectivity index (χ1n) is 8.59. The van der Waals surface area contributed by atoms with Gasteiger partial charge in [-0.25, -0.2) is 0 Å². The first-order valence-corrected chi connectivity index (χ1v) is 8.59. The summed E-state index contributed by atoms with van der Waals surface area (Å²) in [6.45, 7) is 15.4. The highest BCUT2D eigenvalue weighted by Crippen LogP contribution is 2.25. The van der Waals surface area contributed by atoms with Crippen LogP contribution in [-0.4, -0.2) is 46.4 Å². The van der Waals surface area contributed by atoms with Gasteiger partial charge in [0.1, 0.15) is 31.9 Å². The minimum atomic E-state index is 0.828. The Hall–Kier alpha value is -1.32. The molecule has 1 saturated heterocycles. The second kappa shape index (κ2) is 8.35. The van der Waals surface area contributed by atoms with E-state index in [2.05, 4.69) is 39.6 Å². The summed E-state index contributed by atoms with van der Waals surface area (Å²) in [5, 5.41) is 0. The van der Waals surface area contributed by atoms with Gasteiger partial charge in [0.25, 0.3) is 0 Å². The predicted octanol–water partition coefficient (Wildman–Crippen LogP) is 0.214. The van der Waals surface area contributed by atoms with Crippen LogP contribution in [0.15, 0.2) is 24.8 Å². The standard InChI is InChI=1S/C19H30N2O/c1-5-7-18-14-16(2)19(17(3)15-18)22-13-6-8-21-11-9-20(4)10-12-21/h5,14-15H,1,6-13H2,2-4H3/p+2. The van der Waals surface area contributed by atoms with Crippen molar-refractivity contribution in [2.45, 2.75) is 26.7 Å². The van der Waals surface area contributed by atoms with Crippen molar-refractivity contribution in [1.82, 2.24) is 0 Å². The fraction of sp³-hybridized carbons (Fsp3) is 0.579. The number of likely N-dealkylation sites (N-methyl/N-ethyl adjacent to an activating group) is 1. The van der Waals surface area contributed by atoms with Crippen molar-refractivity contribution in [3.8, 4) is 5.75 Å². The van der Waals surface area contributed by atoms with Gasteiger partial charge in [-0.1, -0.05) is 18.2 Å². The number of quaternary nitrogens is 2. The number of rotatable bonds is 7. The van der Waals surface area contributed by atoms with E-state index in [-0.39, 0.29) is 0 Å². The van der Waals surface area contributed by atoms with Crippen molar-refractivity contribution >= 4 is 0 Å². The van der Waals surface area contributed by atoms with Crippen LogP contribution in [0.2, 0.25) is 0 Å². The molecule has 2 N–H and O–H groups in total. The average molecular weight is 304 g/mol. The topological polar surface area (TPSA) is 18.1 Å². The number of hydrogen-bond donors (Lipinski definition) is 2. The second-order valence-electron chi connectivity index (χ2n) is 6.71. The molecule has 1 aliphatic rings. The van der Waals surface area contributed by atoms with E-state index in [0.29, 0.717) is 0 Å². The Morgan fingerprint density at radius 1 is 1.14 bits per heavy atom. The third-order valence-electron chi connectivity index (χ3n) is 4.63. The van der Waals surface area contributed by atoms with Crippen LogP contribution in [0.1, 0.15) is 23.1 Å². The van der Waals surface area contributed by atoms with E-state index in [1.807, 2.05) is 6.08 Å². The molecule has 1 heterocycles. The fourth-order valence-corrected chi connectivity index (χ4v) is 3.33. The van der Waals surface area contributed by atoms with Crippen molar-refractivity contribution in [1.29, 1.82) is 0 Å². The monoisotopic (exact) mass is 304 g/mol. The Kier molecular flexibility index (Phi) is 6.47. The number of aryl methyl sites for hydroxylation is 2. The van der Waals surface area contributed by atoms with E-state index in [1.54, 1.807) is 9.80 Å². The van der Waals surface area contributed by atoms with Crippen molar-refractivity contribution in [2.24, 2.45) is 0 Å². The van der Waals surface area contributed by atoms with Crippen molar-refractivity contribution in [3.63, 3.8) is 0 Å². The van der Waals surface area contributed by atoms with Crippen LogP contribution in [-0.2, 0) is 6.42 Å². The van der Waals surface area contributed by atoms with E-state index in [9.17, 15) is 0 Å². The van der Waals surface area contributed by atoms with Crippen molar-refractivity contribution in [2.75, 3.05) is 46.4 Å². The van der Waals surface area contributed by atoms with Gasteiger partial charge in [-0.3, -0.25) is 0 Å². The lowest BCUT2D eigenvalue weighted by Gasteiger charge is -2.27. The summed E-state index contributed by atoms with van der Waals surface area (Å²) in [4.78, 5) is 3.41. The zero-order valence-electron chi connectivity index (χ0n) is 14.5. The SMILES string of the molecule is C=CCc1cc(C)c(OCCC[NH+]2CC[NH+](C)CC2)c(C)c1. The van der Waals surface area contributed by atoms with Gasteiger partial charge in [0, 0.05) is 6.42 Å². The molecule has 122 valence electrons. The van der Waals surface area contributed by atoms with Crippen LogP contribution >= 0.6 is 0 Å². The van der Waals surface area contributed by atoms with E-state index in [1.165, 1.54) is 49.4 Å². The molecule has 3 nitrogen and oxygen atoms in total. The minimum Gasteiger partial charge on any atom is -0.493 e. The zero-order valence-corrected chi connectivity index (χ0v) is 14.5. The third kappa shape index (κ3) is 4.85. The van der Waals surface area contributed by atoms with Crippen molar-refractivity contribution < 1.29 is 14.5 Å². The molecule has 0 spiro atoms. The highest BCUT2D eigenvalue weighted by Gasteiger charge is 2.19. The number of benzene rings is 1. The quantitative estimate of drug-likeness (QED) is 0.545. The number of allylic oxidation sites excluding steroid dienone is 1. The van der Waals surface area contributed by atoms with Crippen LogP contribution in [0.25, 0.3) is 0 Å². The highest BCUT2D eigenvalue weighted by molar-refractivity contribution is 5.43. The molecular formula is C19H32N2O+2. The van der Waals surface area contributed by atoms with Crippen LogP contribution in [0.4, 0.5) is 0 Å². The molecule has 0 amide bonds. The summed E-state index contributed by atoms with van der Waals surface area (Å²) in [5.41, 5.74) is 3.81. The Bertz CT molecular complexity index is 467. The number of piperazine rings is 1. The molecule has 0 aliphatic carbocycles. The number of hydrogen-bond acceptors (Lipinski definition) is 1. The summed E-state index contributed by atoms with van der Waals surface area (Å²) >= 11 is 0. The van der Waals surface area contributed by atoms with E-state index < -0.39 is 0 Å². The highest BCUT2D eigenvalue weighted by atomic mass is 16.5. The molecule has 1 aliphatic heterocycles. The zero-order chi connectivity index (χ0) is 15.9. The summed E-state index contributed by atoms with van der Waals surface area (Å²) in [5.74, 6) is 1.07. The minimum absolute atomic E-state index is 0.828. The molecule has 0 saturated carbocycles. The molecule has 1 aromatic rings. The van der Waals surface area contributed by atoms with Crippen LogP contribution in [0.5, 0.6) is 5.75 Å². The van der Waals surface area contributed by atoms with E-state index in [4.69, 9.17) is 4.74 Å². The molecule has 1 aromatic carbocycles. The molecule has 1 fully saturated rings. The Balaban J connectivity index is 1.78. The smallest absolute Gasteiger partial charge is 0.127 e. The summed E-state index contributed by atoms with van der Waals surface area (Å²) in [7, 11) is 2.29. The normalized spacial score (nSPS) is 21.6. The maximum Gasteiger partial charge on any atom is 0.127 e. The van der Waals surface area contributed by atoms with Gasteiger partial charge >= 0.3 is 0 Å². The average Bonchev–Trinajstić information content (AvgIpc) is 2.48. The lowest BCUT2D eigenvalue weighted by atomic mass is 10.0. The Labute approximate surface area is 135 Å². The Morgan fingerprint density at radius 3 is 2.36 bits per heavy atom. The van der Waals surface area contributed by atoms with Gasteiger partial charge in [0.05, 0.1) is 20.2 Å². The second-order valence-corrected chi connectivity index (χ2v) is 6.71. The summed E-state index contributed by atoms with van der Waals surface area (Å²) < 4.78 is 6.07. The van der Waals surface area contributed by atoms with Crippen molar-refractivity contribution in [3.05, 3.63) is 41.5 Å². The molecule has 0 unspecified atom stereocenters. The maximum atomic E-state index is 6.07. The first kappa shape index (κ1) is 17.0. The van der Waals surface area contributed by atoms with E-state index >= 15 is 0 Å². The number of ether oxygens (including phenoxy) is 1. The molecule has 0 aromatic heterocycles. The number of nitrogens with one attached hydrogen (secondary N) is 2. The largest absolute Gasteiger partial charge is 0.493 e. The van der Waals surface area contributed by atoms with Gasteiger partial charge in [-0.15, -0.1) is 6.58 Å². The molecule has 0 atom stereocenters. The lowest BCUT2D eigenvalue weighted by Crippen LogP contribution is -3.27. The first-order chi connectivity index (χ1) is 10.6. The van der Waals surface area contributed by atoms with Gasteiger partial charge in [0.15, 0.2) is 0 Å². The van der Waals surface area contributed by atoms with Crippen LogP contribution in [0.3, 0.4) is 0 Å². The van der Waals surface area contributed by atoms with Gasteiger partial charge in [-0.05, 0) is 37.0 Å². The molecule has 0 radical (unpaired) electrons. The van der Waals surface area contributed by atoms with Gasteiger partial charge in [0.2, 0.25) is 0 Å². The molecule has 3 heteroatoms. The third-order valence-corrected chi connectivity index (χ3v) is 4.63. The molecule has 2 rings (SSSR count). The predicted molar refractivity (Wildman–Crippen MR) is 92.1 cm³/mol. The van der Waals surface area contributed by atoms with Crippen LogP contribution in [0, 0.1) is 13.8 Å². The lowest BCUT2D eigenvalue weighted by molar-refractivity contribution is -1.00. The fourth-order valence-electron chi connectivity index (χ4n) is 3.33. The van der Waals surface area contributed by atoms with E-state index in [0.717, 1.165) is 25.2 Å². The van der Waals surface area contributed by atoms with Gasteiger partial charge in [-0.2, -0.15) is 0 Å². The molecular weight excluding hydrogens is 272 g/mol.